The van der Waals surface area contributed by atoms with Crippen molar-refractivity contribution >= 4 is 5.91 Å². The summed E-state index contributed by atoms with van der Waals surface area (Å²) in [6.45, 7) is 7.22. The highest BCUT2D eigenvalue weighted by Gasteiger charge is 2.50. The third-order valence-corrected chi connectivity index (χ3v) is 5.33. The number of rotatable bonds is 8. The topological polar surface area (TPSA) is 58.4 Å². The van der Waals surface area contributed by atoms with Crippen molar-refractivity contribution in [1.82, 2.24) is 10.2 Å². The van der Waals surface area contributed by atoms with Gasteiger partial charge in [-0.15, -0.1) is 0 Å². The monoisotopic (exact) mass is 295 g/mol. The average Bonchev–Trinajstić information content (AvgIpc) is 3.30. The lowest BCUT2D eigenvalue weighted by Crippen LogP contribution is -2.64. The summed E-state index contributed by atoms with van der Waals surface area (Å²) in [5, 5.41) is 3.54. The predicted molar refractivity (Wildman–Crippen MR) is 87.1 cm³/mol. The molecule has 1 amide bonds. The molecule has 4 nitrogen and oxygen atoms in total. The molecule has 0 aromatic heterocycles. The zero-order valence-corrected chi connectivity index (χ0v) is 13.9. The van der Waals surface area contributed by atoms with Crippen LogP contribution in [0.5, 0.6) is 0 Å². The van der Waals surface area contributed by atoms with Gasteiger partial charge in [-0.2, -0.15) is 0 Å². The lowest BCUT2D eigenvalue weighted by atomic mass is 9.90. The Bertz CT molecular complexity index is 343. The van der Waals surface area contributed by atoms with Crippen molar-refractivity contribution in [2.24, 2.45) is 11.7 Å². The maximum absolute atomic E-state index is 12.3. The number of nitrogens with two attached hydrogens (primary N) is 1. The van der Waals surface area contributed by atoms with Crippen LogP contribution < -0.4 is 11.1 Å². The highest BCUT2D eigenvalue weighted by atomic mass is 16.1. The van der Waals surface area contributed by atoms with Crippen LogP contribution in [0.1, 0.15) is 65.2 Å². The molecule has 1 aliphatic heterocycles. The summed E-state index contributed by atoms with van der Waals surface area (Å²) in [4.78, 5) is 14.9. The Morgan fingerprint density at radius 3 is 2.57 bits per heavy atom. The van der Waals surface area contributed by atoms with Gasteiger partial charge in [0, 0.05) is 12.6 Å². The summed E-state index contributed by atoms with van der Waals surface area (Å²) in [6.07, 6.45) is 9.67. The average molecular weight is 295 g/mol. The number of amides is 1. The van der Waals surface area contributed by atoms with Gasteiger partial charge in [-0.3, -0.25) is 9.69 Å². The molecule has 2 unspecified atom stereocenters. The van der Waals surface area contributed by atoms with Gasteiger partial charge in [0.15, 0.2) is 0 Å². The second-order valence-electron chi connectivity index (χ2n) is 6.92. The van der Waals surface area contributed by atoms with E-state index < -0.39 is 5.54 Å². The first-order valence-electron chi connectivity index (χ1n) is 8.93. The number of nitrogens with zero attached hydrogens (tertiary/aromatic N) is 1. The molecule has 0 radical (unpaired) electrons. The van der Waals surface area contributed by atoms with Crippen molar-refractivity contribution in [1.29, 1.82) is 0 Å². The Kier molecular flexibility index (Phi) is 6.06. The molecular weight excluding hydrogens is 262 g/mol. The molecule has 0 bridgehead atoms. The SMILES string of the molecule is CCCNC(CN1CCCCCC1CC)(C(N)=O)C1CC1. The predicted octanol–water partition coefficient (Wildman–Crippen LogP) is 2.27. The fraction of sp³-hybridized carbons (Fsp3) is 0.941. The Balaban J connectivity index is 2.13. The smallest absolute Gasteiger partial charge is 0.239 e. The lowest BCUT2D eigenvalue weighted by Gasteiger charge is -2.40. The van der Waals surface area contributed by atoms with E-state index in [1.807, 2.05) is 0 Å². The number of carbonyl (C=O) groups is 1. The van der Waals surface area contributed by atoms with Crippen molar-refractivity contribution in [2.75, 3.05) is 19.6 Å². The van der Waals surface area contributed by atoms with Crippen LogP contribution in [-0.2, 0) is 4.79 Å². The largest absolute Gasteiger partial charge is 0.368 e. The van der Waals surface area contributed by atoms with Crippen LogP contribution in [0.2, 0.25) is 0 Å². The van der Waals surface area contributed by atoms with E-state index in [1.54, 1.807) is 0 Å². The van der Waals surface area contributed by atoms with E-state index in [1.165, 1.54) is 32.1 Å². The third-order valence-electron chi connectivity index (χ3n) is 5.33. The molecule has 4 heteroatoms. The molecule has 2 aliphatic rings. The number of hydrogen-bond acceptors (Lipinski definition) is 3. The van der Waals surface area contributed by atoms with E-state index in [-0.39, 0.29) is 5.91 Å². The molecule has 2 rings (SSSR count). The van der Waals surface area contributed by atoms with Crippen LogP contribution in [0.4, 0.5) is 0 Å². The summed E-state index contributed by atoms with van der Waals surface area (Å²) < 4.78 is 0. The maximum atomic E-state index is 12.3. The van der Waals surface area contributed by atoms with Gasteiger partial charge in [0.05, 0.1) is 0 Å². The van der Waals surface area contributed by atoms with Crippen molar-refractivity contribution in [3.05, 3.63) is 0 Å². The Morgan fingerprint density at radius 2 is 2.00 bits per heavy atom. The summed E-state index contributed by atoms with van der Waals surface area (Å²) in [7, 11) is 0. The number of carbonyl (C=O) groups excluding carboxylic acids is 1. The summed E-state index contributed by atoms with van der Waals surface area (Å²) in [5.74, 6) is 0.305. The maximum Gasteiger partial charge on any atom is 0.239 e. The van der Waals surface area contributed by atoms with Crippen LogP contribution in [0.25, 0.3) is 0 Å². The highest BCUT2D eigenvalue weighted by molar-refractivity contribution is 5.86. The van der Waals surface area contributed by atoms with E-state index in [9.17, 15) is 4.79 Å². The fourth-order valence-electron chi connectivity index (χ4n) is 3.85. The molecule has 0 aromatic carbocycles. The molecule has 1 aliphatic carbocycles. The van der Waals surface area contributed by atoms with Gasteiger partial charge < -0.3 is 11.1 Å². The minimum absolute atomic E-state index is 0.141. The Hall–Kier alpha value is -0.610. The number of hydrogen-bond donors (Lipinski definition) is 2. The van der Waals surface area contributed by atoms with Crippen molar-refractivity contribution in [3.8, 4) is 0 Å². The molecule has 1 saturated heterocycles. The lowest BCUT2D eigenvalue weighted by molar-refractivity contribution is -0.126. The van der Waals surface area contributed by atoms with Crippen molar-refractivity contribution in [2.45, 2.75) is 76.8 Å². The minimum Gasteiger partial charge on any atom is -0.368 e. The van der Waals surface area contributed by atoms with E-state index in [4.69, 9.17) is 5.73 Å². The summed E-state index contributed by atoms with van der Waals surface area (Å²) in [6, 6.07) is 0.619. The number of nitrogens with one attached hydrogen (secondary N) is 1. The highest BCUT2D eigenvalue weighted by Crippen LogP contribution is 2.41. The fourth-order valence-corrected chi connectivity index (χ4v) is 3.85. The first-order chi connectivity index (χ1) is 10.1. The second kappa shape index (κ2) is 7.59. The van der Waals surface area contributed by atoms with Crippen LogP contribution in [0, 0.1) is 5.92 Å². The van der Waals surface area contributed by atoms with E-state index in [0.717, 1.165) is 38.9 Å². The molecule has 122 valence electrons. The van der Waals surface area contributed by atoms with E-state index in [2.05, 4.69) is 24.1 Å². The van der Waals surface area contributed by atoms with Gasteiger partial charge in [-0.1, -0.05) is 26.7 Å². The molecule has 1 heterocycles. The standard InChI is InChI=1S/C17H33N3O/c1-3-11-19-17(16(18)21,14-9-10-14)13-20-12-7-5-6-8-15(20)4-2/h14-15,19H,3-13H2,1-2H3,(H2,18,21). The molecule has 1 saturated carbocycles. The third kappa shape index (κ3) is 3.98. The molecule has 0 spiro atoms. The molecule has 21 heavy (non-hydrogen) atoms. The zero-order valence-electron chi connectivity index (χ0n) is 13.9. The van der Waals surface area contributed by atoms with Crippen LogP contribution in [-0.4, -0.2) is 42.0 Å². The summed E-state index contributed by atoms with van der Waals surface area (Å²) in [5.41, 5.74) is 5.38. The van der Waals surface area contributed by atoms with E-state index >= 15 is 0 Å². The van der Waals surface area contributed by atoms with Crippen LogP contribution >= 0.6 is 0 Å². The van der Waals surface area contributed by atoms with Gasteiger partial charge in [-0.05, 0) is 57.5 Å². The minimum atomic E-state index is -0.492. The molecule has 2 atom stereocenters. The van der Waals surface area contributed by atoms with Gasteiger partial charge in [0.2, 0.25) is 5.91 Å². The molecule has 0 aromatic rings. The number of likely N-dealkylation sites (tertiary alicyclic amines) is 1. The first-order valence-corrected chi connectivity index (χ1v) is 8.93. The number of primary amides is 1. The Labute approximate surface area is 129 Å². The van der Waals surface area contributed by atoms with Crippen LogP contribution in [0.3, 0.4) is 0 Å². The van der Waals surface area contributed by atoms with Gasteiger partial charge in [0.25, 0.3) is 0 Å². The van der Waals surface area contributed by atoms with Crippen LogP contribution in [0.15, 0.2) is 0 Å². The molecule has 3 N–H and O–H groups in total. The zero-order chi connectivity index (χ0) is 15.3. The molecule has 2 fully saturated rings. The van der Waals surface area contributed by atoms with Gasteiger partial charge >= 0.3 is 0 Å². The second-order valence-corrected chi connectivity index (χ2v) is 6.92. The first kappa shape index (κ1) is 16.8. The van der Waals surface area contributed by atoms with Crippen molar-refractivity contribution < 1.29 is 4.79 Å². The van der Waals surface area contributed by atoms with E-state index in [0.29, 0.717) is 12.0 Å². The summed E-state index contributed by atoms with van der Waals surface area (Å²) >= 11 is 0. The Morgan fingerprint density at radius 1 is 1.24 bits per heavy atom. The van der Waals surface area contributed by atoms with Gasteiger partial charge in [0.1, 0.15) is 5.54 Å². The normalized spacial score (nSPS) is 27.0. The molecular formula is C17H33N3O. The van der Waals surface area contributed by atoms with Crippen molar-refractivity contribution in [3.63, 3.8) is 0 Å². The van der Waals surface area contributed by atoms with Gasteiger partial charge in [-0.25, -0.2) is 0 Å². The quantitative estimate of drug-likeness (QED) is 0.722.